The molecule has 0 aromatic heterocycles. The zero-order chi connectivity index (χ0) is 29.4. The minimum absolute atomic E-state index is 0. The normalized spacial score (nSPS) is 11.3. The molecular weight excluding hydrogens is 593 g/mol. The van der Waals surface area contributed by atoms with E-state index in [0.717, 1.165) is 49.7 Å². The first kappa shape index (κ1) is 38.9. The number of hydrogen-bond donors (Lipinski definition) is 0. The van der Waals surface area contributed by atoms with Gasteiger partial charge in [0, 0.05) is 19.5 Å². The van der Waals surface area contributed by atoms with Crippen molar-refractivity contribution in [1.82, 2.24) is 0 Å². The van der Waals surface area contributed by atoms with Crippen molar-refractivity contribution in [1.29, 1.82) is 0 Å². The molecule has 0 heterocycles. The van der Waals surface area contributed by atoms with Gasteiger partial charge in [0.2, 0.25) is 0 Å². The third kappa shape index (κ3) is 18.5. The zero-order valence-corrected chi connectivity index (χ0v) is 30.8. The fourth-order valence-electron chi connectivity index (χ4n) is 5.46. The molecule has 0 N–H and O–H groups in total. The van der Waals surface area contributed by atoms with Crippen molar-refractivity contribution in [3.05, 3.63) is 59.7 Å². The van der Waals surface area contributed by atoms with Gasteiger partial charge in [0.1, 0.15) is 11.5 Å². The molecule has 42 heavy (non-hydrogen) atoms. The predicted octanol–water partition coefficient (Wildman–Crippen LogP) is 11.5. The summed E-state index contributed by atoms with van der Waals surface area (Å²) in [4.78, 5) is 12.9. The van der Waals surface area contributed by atoms with Crippen LogP contribution in [0, 0.1) is 0 Å². The third-order valence-electron chi connectivity index (χ3n) is 7.96. The van der Waals surface area contributed by atoms with Crippen molar-refractivity contribution in [3.63, 3.8) is 0 Å². The number of unbranched alkanes of at least 4 members (excludes halogenated alkanes) is 18. The molecule has 0 unspecified atom stereocenters. The molecule has 234 valence electrons. The van der Waals surface area contributed by atoms with Crippen LogP contribution in [0.2, 0.25) is 0 Å². The predicted molar refractivity (Wildman–Crippen MR) is 173 cm³/mol. The molecule has 6 heteroatoms. The molecule has 0 amide bonds. The largest absolute Gasteiger partial charge is 0.736 e. The van der Waals surface area contributed by atoms with Crippen LogP contribution in [-0.2, 0) is 36.9 Å². The Morgan fingerprint density at radius 1 is 0.500 bits per heavy atom. The Labute approximate surface area is 271 Å². The van der Waals surface area contributed by atoms with Gasteiger partial charge in [-0.05, 0) is 48.9 Å². The summed E-state index contributed by atoms with van der Waals surface area (Å²) in [5.74, 6) is 0.767. The van der Waals surface area contributed by atoms with Crippen LogP contribution in [-0.4, -0.2) is 0 Å². The number of phosphoric acid groups is 1. The van der Waals surface area contributed by atoms with Crippen LogP contribution in [0.1, 0.15) is 153 Å². The number of rotatable bonds is 26. The first-order valence-electron chi connectivity index (χ1n) is 16.9. The molecule has 0 saturated heterocycles. The number of phosphoric ester groups is 1. The van der Waals surface area contributed by atoms with Crippen molar-refractivity contribution < 1.29 is 38.0 Å². The topological polar surface area (TPSA) is 58.6 Å². The van der Waals surface area contributed by atoms with Crippen molar-refractivity contribution in [2.24, 2.45) is 0 Å². The van der Waals surface area contributed by atoms with Crippen LogP contribution < -0.4 is 13.9 Å². The van der Waals surface area contributed by atoms with Gasteiger partial charge in [-0.2, -0.15) is 0 Å². The molecule has 0 aliphatic heterocycles. The molecule has 2 aromatic rings. The summed E-state index contributed by atoms with van der Waals surface area (Å²) < 4.78 is 24.0. The van der Waals surface area contributed by atoms with Gasteiger partial charge in [0.15, 0.2) is 0 Å². The maximum absolute atomic E-state index is 12.9. The van der Waals surface area contributed by atoms with E-state index in [9.17, 15) is 9.46 Å². The SMILES string of the molecule is CCCCCCCCCCCCc1ccccc1OP(=O)([O-])Oc1ccccc1CCCCCCCCCCCC.[Zn]. The van der Waals surface area contributed by atoms with E-state index in [1.807, 2.05) is 36.4 Å². The van der Waals surface area contributed by atoms with Crippen molar-refractivity contribution in [2.45, 2.75) is 155 Å². The summed E-state index contributed by atoms with van der Waals surface area (Å²) in [5, 5.41) is 0. The minimum Gasteiger partial charge on any atom is -0.736 e. The number of benzene rings is 2. The molecule has 0 fully saturated rings. The Kier molecular flexibility index (Phi) is 23.3. The standard InChI is InChI=1S/C36H59O4P.Zn/c1-3-5-7-9-11-13-15-17-19-21-27-33-29-23-25-31-35(33)39-41(37,38)40-36-32-26-24-30-34(36)28-22-20-18-16-14-12-10-8-6-4-2;/h23-26,29-32H,3-22,27-28H2,1-2H3,(H,37,38);/p-1. The summed E-state index contributed by atoms with van der Waals surface area (Å²) in [6.07, 6.45) is 27.1. The van der Waals surface area contributed by atoms with E-state index in [4.69, 9.17) is 9.05 Å². The molecule has 4 nitrogen and oxygen atoms in total. The Hall–Kier alpha value is -1.15. The molecule has 0 bridgehead atoms. The summed E-state index contributed by atoms with van der Waals surface area (Å²) in [6.45, 7) is 4.51. The Bertz CT molecular complexity index is 893. The molecule has 0 aliphatic rings. The molecule has 0 aliphatic carbocycles. The molecule has 0 spiro atoms. The summed E-state index contributed by atoms with van der Waals surface area (Å²) in [5.41, 5.74) is 1.84. The fraction of sp³-hybridized carbons (Fsp3) is 0.667. The Morgan fingerprint density at radius 3 is 1.12 bits per heavy atom. The van der Waals surface area contributed by atoms with Gasteiger partial charge < -0.3 is 13.9 Å². The zero-order valence-electron chi connectivity index (χ0n) is 27.0. The van der Waals surface area contributed by atoms with Crippen molar-refractivity contribution >= 4 is 7.82 Å². The van der Waals surface area contributed by atoms with Gasteiger partial charge in [-0.15, -0.1) is 0 Å². The number of para-hydroxylation sites is 2. The van der Waals surface area contributed by atoms with E-state index >= 15 is 0 Å². The van der Waals surface area contributed by atoms with E-state index in [1.165, 1.54) is 103 Å². The second-order valence-electron chi connectivity index (χ2n) is 11.7. The van der Waals surface area contributed by atoms with Gasteiger partial charge in [0.05, 0.1) is 0 Å². The van der Waals surface area contributed by atoms with E-state index in [1.54, 1.807) is 12.1 Å². The average Bonchev–Trinajstić information content (AvgIpc) is 2.96. The molecule has 0 radical (unpaired) electrons. The quantitative estimate of drug-likeness (QED) is 0.0577. The van der Waals surface area contributed by atoms with Gasteiger partial charge in [0.25, 0.3) is 0 Å². The number of hydrogen-bond acceptors (Lipinski definition) is 4. The number of aryl methyl sites for hydroxylation is 2. The summed E-state index contributed by atoms with van der Waals surface area (Å²) >= 11 is 0. The third-order valence-corrected chi connectivity index (χ3v) is 8.81. The van der Waals surface area contributed by atoms with Crippen LogP contribution in [0.3, 0.4) is 0 Å². The van der Waals surface area contributed by atoms with Crippen molar-refractivity contribution in [3.8, 4) is 11.5 Å². The Morgan fingerprint density at radius 2 is 0.786 bits per heavy atom. The van der Waals surface area contributed by atoms with Gasteiger partial charge in [-0.25, -0.2) is 4.57 Å². The van der Waals surface area contributed by atoms with Crippen LogP contribution in [0.25, 0.3) is 0 Å². The molecule has 0 saturated carbocycles. The van der Waals surface area contributed by atoms with Crippen LogP contribution in [0.15, 0.2) is 48.5 Å². The molecular formula is C36H58O4PZn-. The molecule has 0 atom stereocenters. The average molecular weight is 651 g/mol. The van der Waals surface area contributed by atoms with Gasteiger partial charge in [-0.1, -0.05) is 166 Å². The second kappa shape index (κ2) is 25.2. The first-order valence-corrected chi connectivity index (χ1v) is 18.4. The van der Waals surface area contributed by atoms with Gasteiger partial charge >= 0.3 is 7.82 Å². The summed E-state index contributed by atoms with van der Waals surface area (Å²) in [6, 6.07) is 14.9. The maximum Gasteiger partial charge on any atom is 0.372 e. The first-order chi connectivity index (χ1) is 20.1. The van der Waals surface area contributed by atoms with Crippen LogP contribution in [0.5, 0.6) is 11.5 Å². The van der Waals surface area contributed by atoms with Gasteiger partial charge in [-0.3, -0.25) is 0 Å². The fourth-order valence-corrected chi connectivity index (χ4v) is 6.34. The van der Waals surface area contributed by atoms with E-state index < -0.39 is 7.82 Å². The van der Waals surface area contributed by atoms with E-state index in [2.05, 4.69) is 13.8 Å². The van der Waals surface area contributed by atoms with Crippen LogP contribution >= 0.6 is 7.82 Å². The molecule has 2 aromatic carbocycles. The summed E-state index contributed by atoms with van der Waals surface area (Å²) in [7, 11) is -4.57. The maximum atomic E-state index is 12.9. The van der Waals surface area contributed by atoms with Crippen LogP contribution in [0.4, 0.5) is 0 Å². The van der Waals surface area contributed by atoms with Crippen molar-refractivity contribution in [2.75, 3.05) is 0 Å². The smallest absolute Gasteiger partial charge is 0.372 e. The van der Waals surface area contributed by atoms with E-state index in [0.29, 0.717) is 11.5 Å². The minimum atomic E-state index is -4.57. The molecule has 2 rings (SSSR count). The van der Waals surface area contributed by atoms with E-state index in [-0.39, 0.29) is 19.5 Å². The monoisotopic (exact) mass is 649 g/mol. The second-order valence-corrected chi connectivity index (χ2v) is 13.0. The Balaban J connectivity index is 0.00000882.